The van der Waals surface area contributed by atoms with Gasteiger partial charge in [0.25, 0.3) is 5.91 Å². The lowest BCUT2D eigenvalue weighted by Crippen LogP contribution is -2.55. The van der Waals surface area contributed by atoms with Crippen LogP contribution < -0.4 is 10.1 Å². The largest absolute Gasteiger partial charge is 0.485 e. The molecule has 162 valence electrons. The Morgan fingerprint density at radius 3 is 2.52 bits per heavy atom. The Hall–Kier alpha value is -2.09. The summed E-state index contributed by atoms with van der Waals surface area (Å²) in [4.78, 5) is 25.8. The van der Waals surface area contributed by atoms with E-state index in [1.54, 1.807) is 39.8 Å². The van der Waals surface area contributed by atoms with E-state index in [9.17, 15) is 18.4 Å². The minimum Gasteiger partial charge on any atom is -0.485 e. The van der Waals surface area contributed by atoms with Gasteiger partial charge in [-0.3, -0.25) is 4.79 Å². The Morgan fingerprint density at radius 2 is 1.93 bits per heavy atom. The number of alkyl halides is 2. The minimum atomic E-state index is -3.72. The molecule has 0 saturated carbocycles. The summed E-state index contributed by atoms with van der Waals surface area (Å²) in [5.74, 6) is -5.26. The molecule has 1 aromatic carbocycles. The summed E-state index contributed by atoms with van der Waals surface area (Å²) in [5, 5.41) is 2.57. The highest BCUT2D eigenvalue weighted by molar-refractivity contribution is 6.32. The SMILES string of the molecule is C[C@H]1CN(C(=O)OC(C)(C)C)CC[C@@H]1NC(=O)C(F)(F)COc1ccccc1Cl. The topological polar surface area (TPSA) is 67.9 Å². The van der Waals surface area contributed by atoms with Gasteiger partial charge < -0.3 is 19.7 Å². The van der Waals surface area contributed by atoms with Crippen LogP contribution in [-0.4, -0.2) is 54.2 Å². The summed E-state index contributed by atoms with van der Waals surface area (Å²) in [6, 6.07) is 5.72. The average Bonchev–Trinajstić information content (AvgIpc) is 2.61. The van der Waals surface area contributed by atoms with Crippen molar-refractivity contribution in [2.75, 3.05) is 19.7 Å². The van der Waals surface area contributed by atoms with Crippen molar-refractivity contribution in [2.45, 2.75) is 51.7 Å². The van der Waals surface area contributed by atoms with Crippen molar-refractivity contribution < 1.29 is 27.8 Å². The Bertz CT molecular complexity index is 739. The molecule has 2 atom stereocenters. The number of ether oxygens (including phenoxy) is 2. The van der Waals surface area contributed by atoms with Crippen LogP contribution in [-0.2, 0) is 9.53 Å². The third-order valence-corrected chi connectivity index (χ3v) is 4.76. The predicted octanol–water partition coefficient (Wildman–Crippen LogP) is 4.12. The number of nitrogens with one attached hydrogen (secondary N) is 1. The predicted molar refractivity (Wildman–Crippen MR) is 105 cm³/mol. The number of carbonyl (C=O) groups is 2. The number of hydrogen-bond acceptors (Lipinski definition) is 4. The van der Waals surface area contributed by atoms with E-state index in [-0.39, 0.29) is 16.7 Å². The van der Waals surface area contributed by atoms with E-state index in [1.807, 2.05) is 0 Å². The molecule has 6 nitrogen and oxygen atoms in total. The molecule has 9 heteroatoms. The molecule has 2 amide bonds. The van der Waals surface area contributed by atoms with Crippen LogP contribution in [0.4, 0.5) is 13.6 Å². The van der Waals surface area contributed by atoms with Crippen LogP contribution >= 0.6 is 11.6 Å². The van der Waals surface area contributed by atoms with Crippen LogP contribution in [0.5, 0.6) is 5.75 Å². The number of carbonyl (C=O) groups excluding carboxylic acids is 2. The number of rotatable bonds is 5. The monoisotopic (exact) mass is 432 g/mol. The highest BCUT2D eigenvalue weighted by Gasteiger charge is 2.42. The van der Waals surface area contributed by atoms with E-state index in [4.69, 9.17) is 21.1 Å². The first-order valence-electron chi connectivity index (χ1n) is 9.43. The van der Waals surface area contributed by atoms with Crippen molar-refractivity contribution in [2.24, 2.45) is 5.92 Å². The number of para-hydroxylation sites is 1. The molecule has 1 saturated heterocycles. The van der Waals surface area contributed by atoms with E-state index in [0.29, 0.717) is 19.5 Å². The lowest BCUT2D eigenvalue weighted by Gasteiger charge is -2.38. The maximum absolute atomic E-state index is 14.2. The number of likely N-dealkylation sites (tertiary alicyclic amines) is 1. The molecule has 2 rings (SSSR count). The first-order chi connectivity index (χ1) is 13.4. The molecule has 0 unspecified atom stereocenters. The van der Waals surface area contributed by atoms with Gasteiger partial charge in [0, 0.05) is 19.1 Å². The maximum Gasteiger partial charge on any atom is 0.410 e. The van der Waals surface area contributed by atoms with Crippen LogP contribution in [0, 0.1) is 5.92 Å². The van der Waals surface area contributed by atoms with Gasteiger partial charge in [-0.05, 0) is 45.2 Å². The summed E-state index contributed by atoms with van der Waals surface area (Å²) in [7, 11) is 0. The highest BCUT2D eigenvalue weighted by atomic mass is 35.5. The van der Waals surface area contributed by atoms with Gasteiger partial charge in [0.05, 0.1) is 5.02 Å². The Balaban J connectivity index is 1.88. The molecule has 0 radical (unpaired) electrons. The molecule has 1 aliphatic rings. The Labute approximate surface area is 174 Å². The van der Waals surface area contributed by atoms with Gasteiger partial charge in [-0.2, -0.15) is 8.78 Å². The number of halogens is 3. The lowest BCUT2D eigenvalue weighted by atomic mass is 9.94. The number of piperidine rings is 1. The number of hydrogen-bond donors (Lipinski definition) is 1. The number of amides is 2. The summed E-state index contributed by atoms with van der Waals surface area (Å²) >= 11 is 5.87. The fourth-order valence-electron chi connectivity index (χ4n) is 2.92. The van der Waals surface area contributed by atoms with Gasteiger partial charge in [-0.25, -0.2) is 4.79 Å². The first kappa shape index (κ1) is 23.2. The van der Waals surface area contributed by atoms with Gasteiger partial charge >= 0.3 is 12.0 Å². The van der Waals surface area contributed by atoms with Crippen LogP contribution in [0.2, 0.25) is 5.02 Å². The lowest BCUT2D eigenvalue weighted by molar-refractivity contribution is -0.151. The van der Waals surface area contributed by atoms with Gasteiger partial charge in [0.1, 0.15) is 11.4 Å². The zero-order chi connectivity index (χ0) is 21.8. The summed E-state index contributed by atoms with van der Waals surface area (Å²) < 4.78 is 38.8. The molecule has 0 spiro atoms. The van der Waals surface area contributed by atoms with Crippen molar-refractivity contribution in [3.8, 4) is 5.75 Å². The van der Waals surface area contributed by atoms with Gasteiger partial charge in [0.15, 0.2) is 6.61 Å². The normalized spacial score (nSPS) is 20.2. The molecule has 1 heterocycles. The highest BCUT2D eigenvalue weighted by Crippen LogP contribution is 2.26. The van der Waals surface area contributed by atoms with E-state index < -0.39 is 36.2 Å². The fourth-order valence-corrected chi connectivity index (χ4v) is 3.11. The molecular weight excluding hydrogens is 406 g/mol. The van der Waals surface area contributed by atoms with E-state index in [1.165, 1.54) is 17.0 Å². The molecule has 1 aromatic rings. The van der Waals surface area contributed by atoms with Gasteiger partial charge in [0.2, 0.25) is 0 Å². The maximum atomic E-state index is 14.2. The molecule has 0 aliphatic carbocycles. The smallest absolute Gasteiger partial charge is 0.410 e. The molecule has 1 N–H and O–H groups in total. The van der Waals surface area contributed by atoms with Crippen molar-refractivity contribution >= 4 is 23.6 Å². The number of nitrogens with zero attached hydrogens (tertiary/aromatic N) is 1. The zero-order valence-electron chi connectivity index (χ0n) is 17.0. The van der Waals surface area contributed by atoms with Crippen molar-refractivity contribution in [3.05, 3.63) is 29.3 Å². The third kappa shape index (κ3) is 6.73. The van der Waals surface area contributed by atoms with E-state index in [0.717, 1.165) is 0 Å². The second-order valence-electron chi connectivity index (χ2n) is 8.20. The van der Waals surface area contributed by atoms with Crippen molar-refractivity contribution in [1.29, 1.82) is 0 Å². The fraction of sp³-hybridized carbons (Fsp3) is 0.600. The van der Waals surface area contributed by atoms with E-state index in [2.05, 4.69) is 5.32 Å². The standard InChI is InChI=1S/C20H27ClF2N2O4/c1-13-11-25(18(27)29-19(2,3)4)10-9-15(13)24-17(26)20(22,23)12-28-16-8-6-5-7-14(16)21/h5-8,13,15H,9-12H2,1-4H3,(H,24,26)/t13-,15-/m0/s1. The van der Waals surface area contributed by atoms with Crippen LogP contribution in [0.15, 0.2) is 24.3 Å². The average molecular weight is 433 g/mol. The second kappa shape index (κ2) is 9.15. The van der Waals surface area contributed by atoms with E-state index >= 15 is 0 Å². The molecule has 0 aromatic heterocycles. The summed E-state index contributed by atoms with van der Waals surface area (Å²) in [6.45, 7) is 6.61. The Kier molecular flexibility index (Phi) is 7.32. The Morgan fingerprint density at radius 1 is 1.28 bits per heavy atom. The van der Waals surface area contributed by atoms with Crippen LogP contribution in [0.25, 0.3) is 0 Å². The molecule has 29 heavy (non-hydrogen) atoms. The molecule has 0 bridgehead atoms. The molecule has 1 fully saturated rings. The second-order valence-corrected chi connectivity index (χ2v) is 8.60. The zero-order valence-corrected chi connectivity index (χ0v) is 17.8. The van der Waals surface area contributed by atoms with Crippen molar-refractivity contribution in [3.63, 3.8) is 0 Å². The quantitative estimate of drug-likeness (QED) is 0.760. The van der Waals surface area contributed by atoms with Gasteiger partial charge in [-0.1, -0.05) is 30.7 Å². The van der Waals surface area contributed by atoms with Crippen LogP contribution in [0.1, 0.15) is 34.1 Å². The van der Waals surface area contributed by atoms with Crippen molar-refractivity contribution in [1.82, 2.24) is 10.2 Å². The summed E-state index contributed by atoms with van der Waals surface area (Å²) in [6.07, 6.45) is -0.0965. The summed E-state index contributed by atoms with van der Waals surface area (Å²) in [5.41, 5.74) is -0.616. The third-order valence-electron chi connectivity index (χ3n) is 4.45. The molecular formula is C20H27ClF2N2O4. The number of benzene rings is 1. The molecule has 1 aliphatic heterocycles. The van der Waals surface area contributed by atoms with Gasteiger partial charge in [-0.15, -0.1) is 0 Å². The minimum absolute atomic E-state index is 0.0840. The first-order valence-corrected chi connectivity index (χ1v) is 9.81. The van der Waals surface area contributed by atoms with Crippen LogP contribution in [0.3, 0.4) is 0 Å².